The summed E-state index contributed by atoms with van der Waals surface area (Å²) in [5.41, 5.74) is -0.0175. The fraction of sp³-hybridized carbons (Fsp3) is 0.368. The average Bonchev–Trinajstić information content (AvgIpc) is 2.68. The fourth-order valence-electron chi connectivity index (χ4n) is 3.12. The molecule has 2 heterocycles. The number of thioether (sulfide) groups is 1. The second-order valence-electron chi connectivity index (χ2n) is 6.50. The average molecular weight is 431 g/mol. The molecule has 1 fully saturated rings. The Morgan fingerprint density at radius 1 is 1.10 bits per heavy atom. The first kappa shape index (κ1) is 21.5. The van der Waals surface area contributed by atoms with Gasteiger partial charge in [0.2, 0.25) is 0 Å². The Bertz CT molecular complexity index is 854. The van der Waals surface area contributed by atoms with Gasteiger partial charge in [0.05, 0.1) is 11.1 Å². The number of benzene rings is 1. The number of halogens is 5. The Morgan fingerprint density at radius 2 is 1.83 bits per heavy atom. The summed E-state index contributed by atoms with van der Waals surface area (Å²) in [7, 11) is 0. The monoisotopic (exact) mass is 431 g/mol. The molecule has 0 aliphatic carbocycles. The predicted octanol–water partition coefficient (Wildman–Crippen LogP) is 4.37. The van der Waals surface area contributed by atoms with Gasteiger partial charge in [0.1, 0.15) is 5.03 Å². The summed E-state index contributed by atoms with van der Waals surface area (Å²) in [4.78, 5) is 20.1. The maximum absolute atomic E-state index is 12.8. The van der Waals surface area contributed by atoms with Gasteiger partial charge in [0.25, 0.3) is 11.7 Å². The number of alkyl halides is 5. The van der Waals surface area contributed by atoms with E-state index in [4.69, 9.17) is 0 Å². The number of amides is 1. The van der Waals surface area contributed by atoms with Gasteiger partial charge < -0.3 is 4.90 Å². The number of hydrogen-bond donors (Lipinski definition) is 0. The molecule has 0 N–H and O–H groups in total. The van der Waals surface area contributed by atoms with Crippen LogP contribution in [0.1, 0.15) is 21.5 Å². The number of carbonyl (C=O) groups excluding carboxylic acids is 1. The minimum Gasteiger partial charge on any atom is -0.336 e. The van der Waals surface area contributed by atoms with Crippen molar-refractivity contribution < 1.29 is 26.7 Å². The molecule has 0 spiro atoms. The van der Waals surface area contributed by atoms with Gasteiger partial charge in [-0.1, -0.05) is 18.2 Å². The molecule has 156 valence electrons. The van der Waals surface area contributed by atoms with Crippen molar-refractivity contribution in [1.82, 2.24) is 14.8 Å². The Kier molecular flexibility index (Phi) is 6.74. The third kappa shape index (κ3) is 5.66. The fourth-order valence-corrected chi connectivity index (χ4v) is 3.69. The van der Waals surface area contributed by atoms with Crippen LogP contribution in [0.25, 0.3) is 0 Å². The molecule has 1 aromatic carbocycles. The van der Waals surface area contributed by atoms with Crippen LogP contribution in [0.3, 0.4) is 0 Å². The predicted molar refractivity (Wildman–Crippen MR) is 98.7 cm³/mol. The van der Waals surface area contributed by atoms with Gasteiger partial charge in [0, 0.05) is 38.9 Å². The number of aromatic nitrogens is 1. The number of nitrogens with zero attached hydrogens (tertiary/aromatic N) is 3. The van der Waals surface area contributed by atoms with Crippen LogP contribution in [0.2, 0.25) is 0 Å². The van der Waals surface area contributed by atoms with Gasteiger partial charge in [-0.05, 0) is 35.5 Å². The molecule has 1 saturated heterocycles. The van der Waals surface area contributed by atoms with E-state index in [1.54, 1.807) is 11.0 Å². The first-order chi connectivity index (χ1) is 13.7. The summed E-state index contributed by atoms with van der Waals surface area (Å²) in [5.74, 6) is -3.05. The van der Waals surface area contributed by atoms with Gasteiger partial charge in [-0.3, -0.25) is 9.69 Å². The number of piperazine rings is 1. The van der Waals surface area contributed by atoms with Crippen molar-refractivity contribution in [3.8, 4) is 0 Å². The van der Waals surface area contributed by atoms with Crippen LogP contribution in [-0.2, 0) is 12.7 Å². The topological polar surface area (TPSA) is 36.4 Å². The van der Waals surface area contributed by atoms with E-state index in [0.29, 0.717) is 38.3 Å². The van der Waals surface area contributed by atoms with Gasteiger partial charge in [-0.2, -0.15) is 22.0 Å². The molecule has 0 unspecified atom stereocenters. The molecule has 1 aromatic heterocycles. The molecule has 29 heavy (non-hydrogen) atoms. The molecule has 0 bridgehead atoms. The van der Waals surface area contributed by atoms with E-state index in [2.05, 4.69) is 4.98 Å². The summed E-state index contributed by atoms with van der Waals surface area (Å²) >= 11 is 0.229. The minimum absolute atomic E-state index is 0.0149. The number of carbonyl (C=O) groups is 1. The maximum atomic E-state index is 12.8. The van der Waals surface area contributed by atoms with Crippen LogP contribution in [0.5, 0.6) is 0 Å². The van der Waals surface area contributed by atoms with Gasteiger partial charge in [-0.25, -0.2) is 4.98 Å². The SMILES string of the molecule is O=C(c1cccnc1SC(F)F)N1CCN(Cc2cccc(C(F)(F)F)c2)CC1. The number of hydrogen-bond acceptors (Lipinski definition) is 4. The first-order valence-corrected chi connectivity index (χ1v) is 9.69. The van der Waals surface area contributed by atoms with Gasteiger partial charge in [0.15, 0.2) is 0 Å². The molecule has 1 aliphatic heterocycles. The van der Waals surface area contributed by atoms with Crippen LogP contribution in [0.15, 0.2) is 47.6 Å². The van der Waals surface area contributed by atoms with E-state index >= 15 is 0 Å². The molecule has 1 aliphatic rings. The van der Waals surface area contributed by atoms with Gasteiger partial charge in [-0.15, -0.1) is 0 Å². The molecular weight excluding hydrogens is 413 g/mol. The third-order valence-electron chi connectivity index (χ3n) is 4.52. The first-order valence-electron chi connectivity index (χ1n) is 8.81. The van der Waals surface area contributed by atoms with Crippen molar-refractivity contribution in [3.63, 3.8) is 0 Å². The molecule has 10 heteroatoms. The van der Waals surface area contributed by atoms with Crippen LogP contribution in [0.4, 0.5) is 22.0 Å². The molecule has 0 atom stereocenters. The summed E-state index contributed by atoms with van der Waals surface area (Å²) in [6.45, 7) is 1.99. The maximum Gasteiger partial charge on any atom is 0.416 e. The van der Waals surface area contributed by atoms with Crippen molar-refractivity contribution in [2.24, 2.45) is 0 Å². The van der Waals surface area contributed by atoms with E-state index in [9.17, 15) is 26.7 Å². The molecule has 1 amide bonds. The van der Waals surface area contributed by atoms with Crippen molar-refractivity contribution >= 4 is 17.7 Å². The smallest absolute Gasteiger partial charge is 0.336 e. The lowest BCUT2D eigenvalue weighted by Crippen LogP contribution is -2.48. The van der Waals surface area contributed by atoms with Crippen LogP contribution in [0, 0.1) is 0 Å². The summed E-state index contributed by atoms with van der Waals surface area (Å²) in [6.07, 6.45) is -3.03. The standard InChI is InChI=1S/C19H18F5N3OS/c20-18(21)29-16-15(5-2-6-25-16)17(28)27-9-7-26(8-10-27)12-13-3-1-4-14(11-13)19(22,23)24/h1-6,11,18H,7-10,12H2. The van der Waals surface area contributed by atoms with Crippen LogP contribution in [-0.4, -0.2) is 52.6 Å². The lowest BCUT2D eigenvalue weighted by molar-refractivity contribution is -0.137. The zero-order valence-electron chi connectivity index (χ0n) is 15.2. The highest BCUT2D eigenvalue weighted by molar-refractivity contribution is 7.99. The largest absolute Gasteiger partial charge is 0.416 e. The molecule has 2 aromatic rings. The highest BCUT2D eigenvalue weighted by Crippen LogP contribution is 2.30. The highest BCUT2D eigenvalue weighted by Gasteiger charge is 2.31. The Morgan fingerprint density at radius 3 is 2.48 bits per heavy atom. The van der Waals surface area contributed by atoms with E-state index in [0.717, 1.165) is 12.1 Å². The zero-order valence-corrected chi connectivity index (χ0v) is 16.0. The van der Waals surface area contributed by atoms with E-state index in [1.165, 1.54) is 24.4 Å². The molecule has 3 rings (SSSR count). The van der Waals surface area contributed by atoms with Crippen LogP contribution < -0.4 is 0 Å². The second kappa shape index (κ2) is 9.08. The number of pyridine rings is 1. The Hall–Kier alpha value is -2.20. The van der Waals surface area contributed by atoms with Crippen LogP contribution >= 0.6 is 11.8 Å². The van der Waals surface area contributed by atoms with Crippen molar-refractivity contribution in [2.45, 2.75) is 23.5 Å². The van der Waals surface area contributed by atoms with Gasteiger partial charge >= 0.3 is 6.18 Å². The Labute approximate surface area is 168 Å². The summed E-state index contributed by atoms with van der Waals surface area (Å²) < 4.78 is 63.9. The highest BCUT2D eigenvalue weighted by atomic mass is 32.2. The Balaban J connectivity index is 1.61. The van der Waals surface area contributed by atoms with Crippen molar-refractivity contribution in [2.75, 3.05) is 26.2 Å². The quantitative estimate of drug-likeness (QED) is 0.520. The van der Waals surface area contributed by atoms with E-state index in [-0.39, 0.29) is 28.3 Å². The molecule has 0 radical (unpaired) electrons. The van der Waals surface area contributed by atoms with Crippen molar-refractivity contribution in [3.05, 3.63) is 59.3 Å². The molecule has 4 nitrogen and oxygen atoms in total. The summed E-state index contributed by atoms with van der Waals surface area (Å²) in [5, 5.41) is -0.0149. The minimum atomic E-state index is -4.39. The molecule has 0 saturated carbocycles. The number of rotatable bonds is 5. The third-order valence-corrected chi connectivity index (χ3v) is 5.25. The zero-order chi connectivity index (χ0) is 21.0. The van der Waals surface area contributed by atoms with Crippen molar-refractivity contribution in [1.29, 1.82) is 0 Å². The lowest BCUT2D eigenvalue weighted by atomic mass is 10.1. The van der Waals surface area contributed by atoms with E-state index in [1.807, 2.05) is 4.90 Å². The summed E-state index contributed by atoms with van der Waals surface area (Å²) in [6, 6.07) is 8.16. The lowest BCUT2D eigenvalue weighted by Gasteiger charge is -2.35. The second-order valence-corrected chi connectivity index (χ2v) is 7.48. The van der Waals surface area contributed by atoms with E-state index < -0.39 is 17.5 Å². The normalized spacial score (nSPS) is 15.7. The molecular formula is C19H18F5N3OS.